The highest BCUT2D eigenvalue weighted by atomic mass is 19.1. The van der Waals surface area contributed by atoms with Gasteiger partial charge in [0.05, 0.1) is 5.56 Å². The summed E-state index contributed by atoms with van der Waals surface area (Å²) in [4.78, 5) is 20.3. The Morgan fingerprint density at radius 2 is 2.10 bits per heavy atom. The number of nitrogens with zero attached hydrogens (tertiary/aromatic N) is 4. The first-order valence-corrected chi connectivity index (χ1v) is 9.94. The summed E-state index contributed by atoms with van der Waals surface area (Å²) in [5.74, 6) is 5.37. The second-order valence-corrected chi connectivity index (χ2v) is 8.30. The van der Waals surface area contributed by atoms with Crippen LogP contribution in [0.25, 0.3) is 11.4 Å². The molecule has 2 aromatic heterocycles. The molecule has 6 rings (SSSR count). The first kappa shape index (κ1) is 19.5. The van der Waals surface area contributed by atoms with Crippen molar-refractivity contribution in [3.05, 3.63) is 52.2 Å². The smallest absolute Gasteiger partial charge is 0.269 e. The van der Waals surface area contributed by atoms with Gasteiger partial charge in [-0.3, -0.25) is 4.79 Å². The van der Waals surface area contributed by atoms with E-state index >= 15 is 0 Å². The predicted octanol–water partition coefficient (Wildman–Crippen LogP) is 2.48. The van der Waals surface area contributed by atoms with Crippen molar-refractivity contribution in [3.8, 4) is 23.2 Å². The molecule has 0 saturated heterocycles. The van der Waals surface area contributed by atoms with Crippen LogP contribution in [0.5, 0.6) is 0 Å². The van der Waals surface area contributed by atoms with Crippen molar-refractivity contribution in [2.45, 2.75) is 51.2 Å². The molecule has 2 aliphatic heterocycles. The summed E-state index contributed by atoms with van der Waals surface area (Å²) in [7, 11) is 0. The highest BCUT2D eigenvalue weighted by Crippen LogP contribution is 2.53. The van der Waals surface area contributed by atoms with Crippen molar-refractivity contribution in [1.82, 2.24) is 19.7 Å². The number of carbonyl (C=O) groups is 1. The van der Waals surface area contributed by atoms with E-state index in [4.69, 9.17) is 10.3 Å². The lowest BCUT2D eigenvalue weighted by atomic mass is 9.75. The maximum absolute atomic E-state index is 14.9. The van der Waals surface area contributed by atoms with Crippen molar-refractivity contribution in [1.29, 1.82) is 0 Å². The van der Waals surface area contributed by atoms with E-state index in [1.54, 1.807) is 13.0 Å². The molecule has 3 aliphatic rings. The monoisotopic (exact) mass is 421 g/mol. The third-order valence-corrected chi connectivity index (χ3v) is 6.09. The normalized spacial score (nSPS) is 20.4. The Labute approximate surface area is 177 Å². The molecule has 8 nitrogen and oxygen atoms in total. The van der Waals surface area contributed by atoms with Crippen LogP contribution in [0.3, 0.4) is 0 Å². The average molecular weight is 421 g/mol. The van der Waals surface area contributed by atoms with Crippen LogP contribution in [0.4, 0.5) is 4.39 Å². The second-order valence-electron chi connectivity index (χ2n) is 8.30. The maximum Gasteiger partial charge on any atom is 0.269 e. The zero-order chi connectivity index (χ0) is 22.1. The lowest BCUT2D eigenvalue weighted by molar-refractivity contribution is 0.0994. The number of halogens is 1. The Hall–Kier alpha value is -3.51. The predicted molar refractivity (Wildman–Crippen MR) is 107 cm³/mol. The van der Waals surface area contributed by atoms with Crippen LogP contribution in [-0.4, -0.2) is 30.7 Å². The molecule has 1 aliphatic carbocycles. The van der Waals surface area contributed by atoms with Crippen LogP contribution in [0.1, 0.15) is 70.7 Å². The van der Waals surface area contributed by atoms with Crippen LogP contribution in [0.2, 0.25) is 0 Å². The van der Waals surface area contributed by atoms with Gasteiger partial charge in [-0.2, -0.15) is 4.98 Å². The van der Waals surface area contributed by atoms with Crippen molar-refractivity contribution >= 4 is 5.91 Å². The molecule has 2 bridgehead atoms. The number of hydrogen-bond donors (Lipinski definition) is 2. The number of carbonyl (C=O) groups excluding carboxylic acids is 1. The first-order valence-electron chi connectivity index (χ1n) is 9.94. The lowest BCUT2D eigenvalue weighted by Crippen LogP contribution is -2.24. The number of benzene rings is 1. The number of primary amides is 1. The molecule has 4 heterocycles. The molecule has 1 atom stereocenters. The average Bonchev–Trinajstić information content (AvgIpc) is 3.18. The van der Waals surface area contributed by atoms with E-state index in [9.17, 15) is 14.3 Å². The molecule has 3 aromatic rings. The Morgan fingerprint density at radius 1 is 1.35 bits per heavy atom. The summed E-state index contributed by atoms with van der Waals surface area (Å²) in [5.41, 5.74) is 6.40. The molecule has 0 radical (unpaired) electrons. The van der Waals surface area contributed by atoms with Crippen molar-refractivity contribution in [3.63, 3.8) is 0 Å². The van der Waals surface area contributed by atoms with Crippen LogP contribution in [-0.2, 0) is 5.60 Å². The zero-order valence-corrected chi connectivity index (χ0v) is 17.2. The number of nitrogens with two attached hydrogens (primary N) is 1. The first-order chi connectivity index (χ1) is 14.7. The van der Waals surface area contributed by atoms with Gasteiger partial charge in [0.15, 0.2) is 5.60 Å². The number of aliphatic hydroxyl groups is 1. The molecule has 1 saturated carbocycles. The van der Waals surface area contributed by atoms with Gasteiger partial charge in [-0.05, 0) is 50.3 Å². The van der Waals surface area contributed by atoms with Crippen molar-refractivity contribution < 1.29 is 18.8 Å². The molecule has 1 fully saturated rings. The van der Waals surface area contributed by atoms with E-state index in [1.165, 1.54) is 13.0 Å². The van der Waals surface area contributed by atoms with Crippen molar-refractivity contribution in [2.75, 3.05) is 0 Å². The fourth-order valence-corrected chi connectivity index (χ4v) is 4.39. The van der Waals surface area contributed by atoms with Gasteiger partial charge >= 0.3 is 0 Å². The summed E-state index contributed by atoms with van der Waals surface area (Å²) >= 11 is 0. The highest BCUT2D eigenvalue weighted by Gasteiger charge is 2.40. The third-order valence-electron chi connectivity index (χ3n) is 6.09. The number of aromatic nitrogens is 4. The largest absolute Gasteiger partial charge is 0.371 e. The topological polar surface area (TPSA) is 120 Å². The van der Waals surface area contributed by atoms with Crippen LogP contribution >= 0.6 is 0 Å². The molecule has 1 amide bonds. The second kappa shape index (κ2) is 6.49. The van der Waals surface area contributed by atoms with Gasteiger partial charge in [0, 0.05) is 24.2 Å². The minimum Gasteiger partial charge on any atom is -0.371 e. The van der Waals surface area contributed by atoms with E-state index in [2.05, 4.69) is 27.0 Å². The maximum atomic E-state index is 14.9. The molecule has 0 unspecified atom stereocenters. The molecule has 31 heavy (non-hydrogen) atoms. The lowest BCUT2D eigenvalue weighted by Gasteiger charge is -2.35. The van der Waals surface area contributed by atoms with E-state index in [1.807, 2.05) is 11.5 Å². The number of amides is 1. The van der Waals surface area contributed by atoms with Crippen LogP contribution in [0, 0.1) is 31.5 Å². The number of imidazole rings is 1. The summed E-state index contributed by atoms with van der Waals surface area (Å²) < 4.78 is 21.9. The van der Waals surface area contributed by atoms with E-state index in [-0.39, 0.29) is 29.0 Å². The van der Waals surface area contributed by atoms with E-state index in [0.717, 1.165) is 24.0 Å². The Bertz CT molecular complexity index is 1300. The summed E-state index contributed by atoms with van der Waals surface area (Å²) in [6, 6.07) is 3.31. The van der Waals surface area contributed by atoms with Gasteiger partial charge in [0.2, 0.25) is 11.7 Å². The molecular formula is C22H20FN5O3. The van der Waals surface area contributed by atoms with Gasteiger partial charge in [-0.25, -0.2) is 9.37 Å². The Morgan fingerprint density at radius 3 is 2.74 bits per heavy atom. The minimum atomic E-state index is -1.72. The standard InChI is InChI=1S/C22H20FN5O3/c1-10-18(19(24)29)26-20-16-8-12(4-5-22(3,30)21-25-11(2)31-27-21)17(23)9-15(16)13-6-14(7-13)28(10)20/h8-9,13-14,30H,6-7H2,1-3H3,(H2,24,29)/t13?,14?,22-/m1/s1. The summed E-state index contributed by atoms with van der Waals surface area (Å²) in [6.07, 6.45) is 1.71. The quantitative estimate of drug-likeness (QED) is 0.614. The fraction of sp³-hybridized carbons (Fsp3) is 0.364. The zero-order valence-electron chi connectivity index (χ0n) is 17.2. The molecule has 158 valence electrons. The fourth-order valence-electron chi connectivity index (χ4n) is 4.39. The number of hydrogen-bond acceptors (Lipinski definition) is 6. The van der Waals surface area contributed by atoms with E-state index < -0.39 is 17.3 Å². The highest BCUT2D eigenvalue weighted by molar-refractivity contribution is 5.93. The van der Waals surface area contributed by atoms with Crippen LogP contribution in [0.15, 0.2) is 16.7 Å². The molecule has 3 N–H and O–H groups in total. The minimum absolute atomic E-state index is 0.00533. The Balaban J connectivity index is 1.64. The van der Waals surface area contributed by atoms with Gasteiger partial charge in [-0.15, -0.1) is 0 Å². The number of rotatable bonds is 2. The molecule has 1 aromatic carbocycles. The third kappa shape index (κ3) is 2.94. The SMILES string of the molecule is Cc1nc([C@](C)(O)C#Cc2cc3c(cc2F)C2CC(C2)n2c-3nc(C(N)=O)c2C)no1. The van der Waals surface area contributed by atoms with Crippen LogP contribution < -0.4 is 5.73 Å². The van der Waals surface area contributed by atoms with Gasteiger partial charge in [0.1, 0.15) is 17.3 Å². The summed E-state index contributed by atoms with van der Waals surface area (Å²) in [6.45, 7) is 4.83. The van der Waals surface area contributed by atoms with Crippen molar-refractivity contribution in [2.24, 2.45) is 5.73 Å². The molecule has 9 heteroatoms. The summed E-state index contributed by atoms with van der Waals surface area (Å²) in [5, 5.41) is 14.3. The van der Waals surface area contributed by atoms with Gasteiger partial charge in [-0.1, -0.05) is 17.0 Å². The Kier molecular flexibility index (Phi) is 4.07. The van der Waals surface area contributed by atoms with E-state index in [0.29, 0.717) is 17.4 Å². The number of aryl methyl sites for hydroxylation is 1. The molecule has 0 spiro atoms. The van der Waals surface area contributed by atoms with Gasteiger partial charge in [0.25, 0.3) is 5.91 Å². The van der Waals surface area contributed by atoms with Gasteiger partial charge < -0.3 is 19.9 Å². The molecular weight excluding hydrogens is 401 g/mol.